The molecule has 3 aromatic rings. The van der Waals surface area contributed by atoms with Crippen LogP contribution in [0.5, 0.6) is 0 Å². The molecule has 1 aliphatic rings. The maximum Gasteiger partial charge on any atom is 0.254 e. The highest BCUT2D eigenvalue weighted by Gasteiger charge is 2.25. The monoisotopic (exact) mass is 339 g/mol. The van der Waals surface area contributed by atoms with Gasteiger partial charge in [-0.2, -0.15) is 0 Å². The van der Waals surface area contributed by atoms with Crippen molar-refractivity contribution < 1.29 is 4.79 Å². The number of carbonyl (C=O) groups is 1. The number of carbonyl (C=O) groups excluding carboxylic acids is 1. The first-order chi connectivity index (χ1) is 12.7. The van der Waals surface area contributed by atoms with Crippen molar-refractivity contribution in [3.8, 4) is 11.8 Å². The van der Waals surface area contributed by atoms with Gasteiger partial charge in [0.25, 0.3) is 5.91 Å². The maximum absolute atomic E-state index is 12.9. The summed E-state index contributed by atoms with van der Waals surface area (Å²) in [5, 5.41) is 0. The lowest BCUT2D eigenvalue weighted by Crippen LogP contribution is -2.25. The van der Waals surface area contributed by atoms with Crippen LogP contribution < -0.4 is 0 Å². The molecule has 126 valence electrons. The first-order valence-corrected chi connectivity index (χ1v) is 8.46. The highest BCUT2D eigenvalue weighted by Crippen LogP contribution is 2.23. The van der Waals surface area contributed by atoms with E-state index in [1.165, 1.54) is 0 Å². The predicted octanol–water partition coefficient (Wildman–Crippen LogP) is 3.34. The van der Waals surface area contributed by atoms with E-state index < -0.39 is 0 Å². The minimum Gasteiger partial charge on any atom is -0.328 e. The Morgan fingerprint density at radius 3 is 2.69 bits per heavy atom. The first-order valence-electron chi connectivity index (χ1n) is 8.46. The molecular weight excluding hydrogens is 322 g/mol. The van der Waals surface area contributed by atoms with Crippen LogP contribution in [0.3, 0.4) is 0 Å². The number of aryl methyl sites for hydroxylation is 1. The quantitative estimate of drug-likeness (QED) is 0.639. The minimum absolute atomic E-state index is 0.00360. The third-order valence-corrected chi connectivity index (χ3v) is 4.45. The summed E-state index contributed by atoms with van der Waals surface area (Å²) in [5.74, 6) is 6.20. The second kappa shape index (κ2) is 6.81. The van der Waals surface area contributed by atoms with Gasteiger partial charge in [0.15, 0.2) is 0 Å². The van der Waals surface area contributed by atoms with E-state index in [4.69, 9.17) is 0 Å². The van der Waals surface area contributed by atoms with Crippen LogP contribution in [0.4, 0.5) is 0 Å². The normalized spacial score (nSPS) is 12.3. The number of benzene rings is 1. The maximum atomic E-state index is 12.9. The Hall–Kier alpha value is -3.45. The molecule has 0 unspecified atom stereocenters. The second-order valence-electron chi connectivity index (χ2n) is 6.27. The Kier molecular flexibility index (Phi) is 4.20. The number of rotatable bonds is 1. The predicted molar refractivity (Wildman–Crippen MR) is 99.2 cm³/mol. The van der Waals surface area contributed by atoms with Gasteiger partial charge in [-0.15, -0.1) is 0 Å². The molecule has 0 aliphatic carbocycles. The molecule has 1 aliphatic heterocycles. The van der Waals surface area contributed by atoms with Crippen molar-refractivity contribution in [2.24, 2.45) is 0 Å². The van der Waals surface area contributed by atoms with Crippen LogP contribution in [0.25, 0.3) is 0 Å². The number of fused-ring (bicyclic) bond motifs is 1. The fourth-order valence-electron chi connectivity index (χ4n) is 2.98. The molecule has 0 bridgehead atoms. The zero-order chi connectivity index (χ0) is 17.9. The summed E-state index contributed by atoms with van der Waals surface area (Å²) in [7, 11) is 0. The van der Waals surface area contributed by atoms with Crippen LogP contribution in [-0.2, 0) is 13.1 Å². The highest BCUT2D eigenvalue weighted by atomic mass is 16.2. The lowest BCUT2D eigenvalue weighted by atomic mass is 10.0. The molecule has 0 fully saturated rings. The molecule has 26 heavy (non-hydrogen) atoms. The fraction of sp³-hybridized carbons (Fsp3) is 0.136. The summed E-state index contributed by atoms with van der Waals surface area (Å²) in [6.45, 7) is 3.15. The number of nitrogens with zero attached hydrogens (tertiary/aromatic N) is 3. The summed E-state index contributed by atoms with van der Waals surface area (Å²) < 4.78 is 0. The van der Waals surface area contributed by atoms with Gasteiger partial charge in [-0.1, -0.05) is 24.1 Å². The molecule has 0 radical (unpaired) electrons. The van der Waals surface area contributed by atoms with Crippen molar-refractivity contribution in [1.82, 2.24) is 14.9 Å². The largest absolute Gasteiger partial charge is 0.328 e. The number of hydrogen-bond donors (Lipinski definition) is 0. The highest BCUT2D eigenvalue weighted by molar-refractivity contribution is 5.95. The van der Waals surface area contributed by atoms with E-state index in [0.717, 1.165) is 22.4 Å². The van der Waals surface area contributed by atoms with Gasteiger partial charge in [0.1, 0.15) is 5.69 Å². The Labute approximate surface area is 152 Å². The van der Waals surface area contributed by atoms with Crippen LogP contribution in [0, 0.1) is 18.8 Å². The first kappa shape index (κ1) is 16.0. The van der Waals surface area contributed by atoms with Gasteiger partial charge in [-0.05, 0) is 54.3 Å². The van der Waals surface area contributed by atoms with E-state index in [0.29, 0.717) is 24.3 Å². The van der Waals surface area contributed by atoms with E-state index >= 15 is 0 Å². The van der Waals surface area contributed by atoms with Crippen LogP contribution >= 0.6 is 0 Å². The summed E-state index contributed by atoms with van der Waals surface area (Å²) in [6.07, 6.45) is 3.49. The number of aromatic nitrogens is 2. The van der Waals surface area contributed by atoms with E-state index in [9.17, 15) is 4.79 Å². The molecule has 0 spiro atoms. The summed E-state index contributed by atoms with van der Waals surface area (Å²) >= 11 is 0. The lowest BCUT2D eigenvalue weighted by Gasteiger charge is -2.15. The van der Waals surface area contributed by atoms with E-state index in [2.05, 4.69) is 21.8 Å². The zero-order valence-electron chi connectivity index (χ0n) is 14.4. The van der Waals surface area contributed by atoms with Crippen molar-refractivity contribution in [1.29, 1.82) is 0 Å². The third kappa shape index (κ3) is 3.20. The Morgan fingerprint density at radius 1 is 1.00 bits per heavy atom. The zero-order valence-corrected chi connectivity index (χ0v) is 14.4. The Balaban J connectivity index is 1.59. The molecular formula is C22H17N3O. The lowest BCUT2D eigenvalue weighted by molar-refractivity contribution is 0.0750. The molecule has 2 aromatic heterocycles. The smallest absolute Gasteiger partial charge is 0.254 e. The van der Waals surface area contributed by atoms with Crippen molar-refractivity contribution in [2.75, 3.05) is 0 Å². The van der Waals surface area contributed by atoms with Crippen molar-refractivity contribution in [2.45, 2.75) is 20.0 Å². The van der Waals surface area contributed by atoms with Gasteiger partial charge in [-0.3, -0.25) is 9.78 Å². The molecule has 1 aromatic carbocycles. The third-order valence-electron chi connectivity index (χ3n) is 4.45. The van der Waals surface area contributed by atoms with Gasteiger partial charge in [0.05, 0.1) is 12.2 Å². The van der Waals surface area contributed by atoms with Gasteiger partial charge in [-0.25, -0.2) is 4.98 Å². The van der Waals surface area contributed by atoms with E-state index in [1.807, 2.05) is 60.4 Å². The molecule has 0 N–H and O–H groups in total. The summed E-state index contributed by atoms with van der Waals surface area (Å²) in [4.78, 5) is 23.3. The Bertz CT molecular complexity index is 1010. The van der Waals surface area contributed by atoms with Gasteiger partial charge < -0.3 is 4.90 Å². The molecule has 3 heterocycles. The van der Waals surface area contributed by atoms with E-state index in [-0.39, 0.29) is 5.91 Å². The number of hydrogen-bond acceptors (Lipinski definition) is 3. The average molecular weight is 339 g/mol. The van der Waals surface area contributed by atoms with Gasteiger partial charge in [0.2, 0.25) is 0 Å². The standard InChI is InChI=1S/C22H17N3O/c1-16-7-8-18(13-17(16)9-10-20-6-2-3-11-23-20)22(26)25-14-19-5-4-12-24-21(19)15-25/h2-8,11-13H,14-15H2,1H3. The molecule has 0 saturated heterocycles. The molecule has 4 heteroatoms. The van der Waals surface area contributed by atoms with Crippen LogP contribution in [0.2, 0.25) is 0 Å². The van der Waals surface area contributed by atoms with Gasteiger partial charge in [0, 0.05) is 30.1 Å². The van der Waals surface area contributed by atoms with Crippen LogP contribution in [-0.4, -0.2) is 20.8 Å². The van der Waals surface area contributed by atoms with Crippen LogP contribution in [0.15, 0.2) is 60.9 Å². The fourth-order valence-corrected chi connectivity index (χ4v) is 2.98. The van der Waals surface area contributed by atoms with Crippen LogP contribution in [0.1, 0.15) is 38.4 Å². The number of pyridine rings is 2. The summed E-state index contributed by atoms with van der Waals surface area (Å²) in [5.41, 5.74) is 5.33. The molecule has 1 amide bonds. The topological polar surface area (TPSA) is 46.1 Å². The molecule has 0 saturated carbocycles. The molecule has 4 rings (SSSR count). The molecule has 4 nitrogen and oxygen atoms in total. The average Bonchev–Trinajstić information content (AvgIpc) is 3.12. The van der Waals surface area contributed by atoms with Crippen molar-refractivity contribution in [3.05, 3.63) is 94.6 Å². The number of amides is 1. The SMILES string of the molecule is Cc1ccc(C(=O)N2Cc3cccnc3C2)cc1C#Cc1ccccn1. The minimum atomic E-state index is 0.00360. The summed E-state index contributed by atoms with van der Waals surface area (Å²) in [6, 6.07) is 15.2. The second-order valence-corrected chi connectivity index (χ2v) is 6.27. The van der Waals surface area contributed by atoms with Crippen molar-refractivity contribution in [3.63, 3.8) is 0 Å². The Morgan fingerprint density at radius 2 is 1.88 bits per heavy atom. The molecule has 0 atom stereocenters. The van der Waals surface area contributed by atoms with E-state index in [1.54, 1.807) is 12.4 Å². The van der Waals surface area contributed by atoms with Gasteiger partial charge >= 0.3 is 0 Å². The van der Waals surface area contributed by atoms with Crippen molar-refractivity contribution >= 4 is 5.91 Å².